The quantitative estimate of drug-likeness (QED) is 0.486. The Hall–Kier alpha value is -1.51. The molecule has 0 spiro atoms. The fourth-order valence-electron chi connectivity index (χ4n) is 1.48. The molecule has 0 radical (unpaired) electrons. The van der Waals surface area contributed by atoms with Gasteiger partial charge in [-0.25, -0.2) is 0 Å². The monoisotopic (exact) mass is 376 g/mol. The molecule has 0 atom stereocenters. The van der Waals surface area contributed by atoms with E-state index in [1.54, 1.807) is 13.3 Å². The van der Waals surface area contributed by atoms with Gasteiger partial charge in [-0.05, 0) is 19.1 Å². The first-order valence-corrected chi connectivity index (χ1v) is 5.67. The Morgan fingerprint density at radius 2 is 2.05 bits per heavy atom. The number of hydrogen-bond acceptors (Lipinski definition) is 4. The summed E-state index contributed by atoms with van der Waals surface area (Å²) >= 11 is 0. The molecule has 7 heteroatoms. The van der Waals surface area contributed by atoms with Gasteiger partial charge < -0.3 is 19.6 Å². The number of nitrogens with one attached hydrogen (secondary N) is 2. The second kappa shape index (κ2) is 7.82. The van der Waals surface area contributed by atoms with Gasteiger partial charge in [-0.3, -0.25) is 4.99 Å². The summed E-state index contributed by atoms with van der Waals surface area (Å²) < 4.78 is 10.3. The molecule has 0 bridgehead atoms. The Morgan fingerprint density at radius 1 is 1.32 bits per heavy atom. The maximum absolute atomic E-state index is 5.22. The molecule has 2 heterocycles. The molecule has 0 saturated carbocycles. The Labute approximate surface area is 128 Å². The molecule has 2 rings (SSSR count). The molecule has 2 aromatic rings. The van der Waals surface area contributed by atoms with Gasteiger partial charge in [0.15, 0.2) is 11.7 Å². The average molecular weight is 376 g/mol. The fourth-order valence-corrected chi connectivity index (χ4v) is 1.48. The number of aryl methyl sites for hydroxylation is 1. The van der Waals surface area contributed by atoms with Gasteiger partial charge in [0, 0.05) is 13.1 Å². The second-order valence-corrected chi connectivity index (χ2v) is 3.79. The molecule has 19 heavy (non-hydrogen) atoms. The van der Waals surface area contributed by atoms with Gasteiger partial charge in [0.2, 0.25) is 0 Å². The SMILES string of the molecule is CN=C(NCc1ccco1)NCc1cc(C)no1.I. The molecular formula is C12H17IN4O2. The summed E-state index contributed by atoms with van der Waals surface area (Å²) in [5.41, 5.74) is 0.866. The molecule has 0 aromatic carbocycles. The number of rotatable bonds is 4. The first-order valence-electron chi connectivity index (χ1n) is 5.67. The van der Waals surface area contributed by atoms with Crippen molar-refractivity contribution in [2.24, 2.45) is 4.99 Å². The summed E-state index contributed by atoms with van der Waals surface area (Å²) in [4.78, 5) is 4.10. The van der Waals surface area contributed by atoms with Crippen LogP contribution in [-0.2, 0) is 13.1 Å². The lowest BCUT2D eigenvalue weighted by Gasteiger charge is -2.09. The van der Waals surface area contributed by atoms with E-state index in [4.69, 9.17) is 8.94 Å². The topological polar surface area (TPSA) is 75.6 Å². The van der Waals surface area contributed by atoms with Crippen LogP contribution in [0.25, 0.3) is 0 Å². The third kappa shape index (κ3) is 4.93. The van der Waals surface area contributed by atoms with Crippen molar-refractivity contribution in [3.8, 4) is 0 Å². The first kappa shape index (κ1) is 15.5. The summed E-state index contributed by atoms with van der Waals surface area (Å²) in [7, 11) is 1.71. The summed E-state index contributed by atoms with van der Waals surface area (Å²) in [6.07, 6.45) is 1.64. The Kier molecular flexibility index (Phi) is 6.40. The summed E-state index contributed by atoms with van der Waals surface area (Å²) in [5, 5.41) is 10.1. The number of aromatic nitrogens is 1. The number of aliphatic imine (C=N–C) groups is 1. The van der Waals surface area contributed by atoms with Crippen molar-refractivity contribution in [2.75, 3.05) is 7.05 Å². The predicted molar refractivity (Wildman–Crippen MR) is 82.4 cm³/mol. The minimum Gasteiger partial charge on any atom is -0.467 e. The number of hydrogen-bond donors (Lipinski definition) is 2. The molecule has 0 aliphatic carbocycles. The van der Waals surface area contributed by atoms with E-state index in [1.165, 1.54) is 0 Å². The Balaban J connectivity index is 0.00000180. The molecule has 104 valence electrons. The zero-order valence-electron chi connectivity index (χ0n) is 10.8. The average Bonchev–Trinajstić information content (AvgIpc) is 3.01. The van der Waals surface area contributed by atoms with E-state index in [0.717, 1.165) is 17.2 Å². The third-order valence-electron chi connectivity index (χ3n) is 2.34. The zero-order chi connectivity index (χ0) is 12.8. The second-order valence-electron chi connectivity index (χ2n) is 3.79. The fraction of sp³-hybridized carbons (Fsp3) is 0.333. The number of guanidine groups is 1. The van der Waals surface area contributed by atoms with Crippen molar-refractivity contribution in [3.63, 3.8) is 0 Å². The van der Waals surface area contributed by atoms with Crippen molar-refractivity contribution in [1.82, 2.24) is 15.8 Å². The van der Waals surface area contributed by atoms with Crippen molar-refractivity contribution in [1.29, 1.82) is 0 Å². The van der Waals surface area contributed by atoms with E-state index in [0.29, 0.717) is 19.0 Å². The highest BCUT2D eigenvalue weighted by atomic mass is 127. The summed E-state index contributed by atoms with van der Waals surface area (Å²) in [6, 6.07) is 5.64. The molecule has 6 nitrogen and oxygen atoms in total. The third-order valence-corrected chi connectivity index (χ3v) is 2.34. The van der Waals surface area contributed by atoms with Crippen LogP contribution in [0.2, 0.25) is 0 Å². The van der Waals surface area contributed by atoms with Gasteiger partial charge >= 0.3 is 0 Å². The van der Waals surface area contributed by atoms with Crippen LogP contribution in [0.1, 0.15) is 17.2 Å². The highest BCUT2D eigenvalue weighted by Gasteiger charge is 2.03. The number of nitrogens with zero attached hydrogens (tertiary/aromatic N) is 2. The highest BCUT2D eigenvalue weighted by Crippen LogP contribution is 2.01. The van der Waals surface area contributed by atoms with Crippen LogP contribution in [0.15, 0.2) is 38.4 Å². The molecule has 0 aliphatic rings. The van der Waals surface area contributed by atoms with E-state index in [9.17, 15) is 0 Å². The summed E-state index contributed by atoms with van der Waals surface area (Å²) in [6.45, 7) is 3.01. The van der Waals surface area contributed by atoms with Crippen molar-refractivity contribution < 1.29 is 8.94 Å². The van der Waals surface area contributed by atoms with Crippen molar-refractivity contribution in [3.05, 3.63) is 41.7 Å². The van der Waals surface area contributed by atoms with Crippen molar-refractivity contribution in [2.45, 2.75) is 20.0 Å². The Bertz CT molecular complexity index is 508. The van der Waals surface area contributed by atoms with Crippen LogP contribution in [0.3, 0.4) is 0 Å². The van der Waals surface area contributed by atoms with E-state index in [-0.39, 0.29) is 24.0 Å². The predicted octanol–water partition coefficient (Wildman–Crippen LogP) is 2.06. The minimum absolute atomic E-state index is 0. The Morgan fingerprint density at radius 3 is 2.58 bits per heavy atom. The maximum Gasteiger partial charge on any atom is 0.191 e. The van der Waals surface area contributed by atoms with Crippen molar-refractivity contribution >= 4 is 29.9 Å². The molecule has 2 N–H and O–H groups in total. The number of halogens is 1. The lowest BCUT2D eigenvalue weighted by atomic mass is 10.4. The summed E-state index contributed by atoms with van der Waals surface area (Å²) in [5.74, 6) is 2.31. The van der Waals surface area contributed by atoms with Gasteiger partial charge in [0.05, 0.1) is 25.0 Å². The van der Waals surface area contributed by atoms with Crippen LogP contribution in [0.4, 0.5) is 0 Å². The van der Waals surface area contributed by atoms with Gasteiger partial charge in [0.25, 0.3) is 0 Å². The van der Waals surface area contributed by atoms with E-state index in [1.807, 2.05) is 25.1 Å². The largest absolute Gasteiger partial charge is 0.467 e. The number of furan rings is 1. The molecule has 0 aliphatic heterocycles. The lowest BCUT2D eigenvalue weighted by Crippen LogP contribution is -2.36. The normalized spacial score (nSPS) is 10.9. The van der Waals surface area contributed by atoms with Crippen LogP contribution in [-0.4, -0.2) is 18.2 Å². The highest BCUT2D eigenvalue weighted by molar-refractivity contribution is 14.0. The molecular weight excluding hydrogens is 359 g/mol. The molecule has 0 fully saturated rings. The smallest absolute Gasteiger partial charge is 0.191 e. The van der Waals surface area contributed by atoms with Crippen LogP contribution >= 0.6 is 24.0 Å². The minimum atomic E-state index is 0. The standard InChI is InChI=1S/C12H16N4O2.HI/c1-9-6-11(18-16-9)8-15-12(13-2)14-7-10-4-3-5-17-10;/h3-6H,7-8H2,1-2H3,(H2,13,14,15);1H. The van der Waals surface area contributed by atoms with Crippen LogP contribution in [0.5, 0.6) is 0 Å². The van der Waals surface area contributed by atoms with Crippen LogP contribution < -0.4 is 10.6 Å². The maximum atomic E-state index is 5.22. The van der Waals surface area contributed by atoms with E-state index >= 15 is 0 Å². The molecule has 0 amide bonds. The molecule has 0 unspecified atom stereocenters. The van der Waals surface area contributed by atoms with E-state index < -0.39 is 0 Å². The first-order chi connectivity index (χ1) is 8.78. The zero-order valence-corrected chi connectivity index (χ0v) is 13.2. The van der Waals surface area contributed by atoms with E-state index in [2.05, 4.69) is 20.8 Å². The van der Waals surface area contributed by atoms with Gasteiger partial charge in [0.1, 0.15) is 5.76 Å². The van der Waals surface area contributed by atoms with Gasteiger partial charge in [-0.2, -0.15) is 0 Å². The van der Waals surface area contributed by atoms with Crippen LogP contribution in [0, 0.1) is 6.92 Å². The van der Waals surface area contributed by atoms with Gasteiger partial charge in [-0.15, -0.1) is 24.0 Å². The molecule has 2 aromatic heterocycles. The molecule has 0 saturated heterocycles. The van der Waals surface area contributed by atoms with Gasteiger partial charge in [-0.1, -0.05) is 5.16 Å². The lowest BCUT2D eigenvalue weighted by molar-refractivity contribution is 0.376.